The van der Waals surface area contributed by atoms with Crippen LogP contribution in [0.25, 0.3) is 0 Å². The van der Waals surface area contributed by atoms with Crippen LogP contribution >= 0.6 is 0 Å². The summed E-state index contributed by atoms with van der Waals surface area (Å²) in [5.74, 6) is 6.28. The molecule has 1 N–H and O–H groups in total. The smallest absolute Gasteiger partial charge is 0.122 e. The first-order valence-electron chi connectivity index (χ1n) is 6.52. The number of rotatable bonds is 8. The molecule has 0 aromatic carbocycles. The maximum atomic E-state index is 9.28. The Bertz CT molecular complexity index is 247. The van der Waals surface area contributed by atoms with Gasteiger partial charge < -0.3 is 9.84 Å². The normalized spacial score (nSPS) is 15.5. The van der Waals surface area contributed by atoms with E-state index < -0.39 is 0 Å². The van der Waals surface area contributed by atoms with E-state index in [1.807, 2.05) is 13.0 Å². The Hall–Kier alpha value is -0.780. The highest BCUT2D eigenvalue weighted by Gasteiger charge is 2.11. The molecule has 0 fully saturated rings. The van der Waals surface area contributed by atoms with E-state index in [-0.39, 0.29) is 18.3 Å². The van der Waals surface area contributed by atoms with Crippen LogP contribution < -0.4 is 0 Å². The van der Waals surface area contributed by atoms with E-state index in [0.29, 0.717) is 6.42 Å². The predicted molar refractivity (Wildman–Crippen MR) is 72.7 cm³/mol. The molecular weight excluding hydrogens is 212 g/mol. The minimum absolute atomic E-state index is 0.0282. The highest BCUT2D eigenvalue weighted by molar-refractivity contribution is 5.07. The minimum atomic E-state index is -0.331. The van der Waals surface area contributed by atoms with Crippen LogP contribution in [0.5, 0.6) is 0 Å². The summed E-state index contributed by atoms with van der Waals surface area (Å²) in [6.07, 6.45) is 6.05. The summed E-state index contributed by atoms with van der Waals surface area (Å²) < 4.78 is 5.78. The van der Waals surface area contributed by atoms with Crippen LogP contribution in [0.4, 0.5) is 0 Å². The van der Waals surface area contributed by atoms with Gasteiger partial charge in [0.05, 0.1) is 12.2 Å². The summed E-state index contributed by atoms with van der Waals surface area (Å²) in [4.78, 5) is 0. The molecule has 0 saturated carbocycles. The second-order valence-electron chi connectivity index (χ2n) is 4.47. The molecule has 0 radical (unpaired) electrons. The summed E-state index contributed by atoms with van der Waals surface area (Å²) in [5.41, 5.74) is 0. The average Bonchev–Trinajstić information content (AvgIpc) is 2.23. The van der Waals surface area contributed by atoms with Crippen LogP contribution in [0.3, 0.4) is 0 Å². The molecule has 0 aromatic rings. The largest absolute Gasteiger partial charge is 0.393 e. The molecular formula is C15H26O2. The molecule has 0 rings (SSSR count). The molecule has 0 heterocycles. The number of hydrogen-bond donors (Lipinski definition) is 1. The zero-order valence-corrected chi connectivity index (χ0v) is 11.4. The Balaban J connectivity index is 4.11. The SMILES string of the molecule is C=CC[C@H](C#CCCCC)O[C@@H](C)C[C@@H](C)O. The lowest BCUT2D eigenvalue weighted by Gasteiger charge is -2.18. The molecule has 0 unspecified atom stereocenters. The van der Waals surface area contributed by atoms with Crippen LogP contribution in [-0.2, 0) is 4.74 Å². The third-order valence-electron chi connectivity index (χ3n) is 2.37. The first-order chi connectivity index (χ1) is 8.10. The van der Waals surface area contributed by atoms with Gasteiger partial charge in [0.2, 0.25) is 0 Å². The lowest BCUT2D eigenvalue weighted by Crippen LogP contribution is -2.21. The van der Waals surface area contributed by atoms with Crippen molar-refractivity contribution in [2.75, 3.05) is 0 Å². The van der Waals surface area contributed by atoms with Crippen LogP contribution in [-0.4, -0.2) is 23.4 Å². The number of aliphatic hydroxyl groups is 1. The quantitative estimate of drug-likeness (QED) is 0.399. The second-order valence-corrected chi connectivity index (χ2v) is 4.47. The molecule has 2 nitrogen and oxygen atoms in total. The standard InChI is InChI=1S/C15H26O2/c1-5-7-8-9-11-15(10-6-2)17-14(4)12-13(3)16/h6,13-16H,2,5,7-8,10,12H2,1,3-4H3/t13-,14+,15-/m1/s1. The molecule has 0 bridgehead atoms. The van der Waals surface area contributed by atoms with E-state index in [2.05, 4.69) is 25.3 Å². The molecule has 2 heteroatoms. The minimum Gasteiger partial charge on any atom is -0.393 e. The third kappa shape index (κ3) is 10.1. The van der Waals surface area contributed by atoms with Gasteiger partial charge in [-0.05, 0) is 26.7 Å². The van der Waals surface area contributed by atoms with Crippen molar-refractivity contribution in [3.63, 3.8) is 0 Å². The molecule has 98 valence electrons. The van der Waals surface area contributed by atoms with Crippen molar-refractivity contribution in [1.29, 1.82) is 0 Å². The second kappa shape index (κ2) is 10.4. The lowest BCUT2D eigenvalue weighted by atomic mass is 10.1. The Morgan fingerprint density at radius 2 is 2.12 bits per heavy atom. The molecule has 3 atom stereocenters. The highest BCUT2D eigenvalue weighted by Crippen LogP contribution is 2.08. The Kier molecular flexibility index (Phi) is 9.90. The summed E-state index contributed by atoms with van der Waals surface area (Å²) in [6.45, 7) is 9.61. The monoisotopic (exact) mass is 238 g/mol. The summed E-state index contributed by atoms with van der Waals surface area (Å²) in [6, 6.07) is 0. The Morgan fingerprint density at radius 3 is 2.65 bits per heavy atom. The molecule has 0 amide bonds. The molecule has 0 aliphatic carbocycles. The van der Waals surface area contributed by atoms with E-state index in [9.17, 15) is 5.11 Å². The average molecular weight is 238 g/mol. The van der Waals surface area contributed by atoms with Crippen LogP contribution in [0.15, 0.2) is 12.7 Å². The fourth-order valence-corrected chi connectivity index (χ4v) is 1.57. The van der Waals surface area contributed by atoms with Gasteiger partial charge >= 0.3 is 0 Å². The van der Waals surface area contributed by atoms with Gasteiger partial charge in [0.1, 0.15) is 6.10 Å². The van der Waals surface area contributed by atoms with Crippen molar-refractivity contribution >= 4 is 0 Å². The molecule has 0 aliphatic rings. The van der Waals surface area contributed by atoms with E-state index in [4.69, 9.17) is 4.74 Å². The van der Waals surface area contributed by atoms with Gasteiger partial charge in [-0.1, -0.05) is 25.3 Å². The first-order valence-corrected chi connectivity index (χ1v) is 6.52. The van der Waals surface area contributed by atoms with Gasteiger partial charge in [0.15, 0.2) is 0 Å². The molecule has 17 heavy (non-hydrogen) atoms. The van der Waals surface area contributed by atoms with Gasteiger partial charge in [-0.15, -0.1) is 12.5 Å². The lowest BCUT2D eigenvalue weighted by molar-refractivity contribution is 0.00293. The fourth-order valence-electron chi connectivity index (χ4n) is 1.57. The Labute approximate surface area is 106 Å². The zero-order chi connectivity index (χ0) is 13.1. The summed E-state index contributed by atoms with van der Waals surface area (Å²) in [5, 5.41) is 9.28. The zero-order valence-electron chi connectivity index (χ0n) is 11.4. The van der Waals surface area contributed by atoms with Crippen LogP contribution in [0.2, 0.25) is 0 Å². The van der Waals surface area contributed by atoms with E-state index in [1.54, 1.807) is 6.92 Å². The molecule has 0 saturated heterocycles. The first kappa shape index (κ1) is 16.2. The number of hydrogen-bond acceptors (Lipinski definition) is 2. The van der Waals surface area contributed by atoms with Gasteiger partial charge in [0.25, 0.3) is 0 Å². The molecule has 0 aliphatic heterocycles. The Morgan fingerprint density at radius 1 is 1.41 bits per heavy atom. The third-order valence-corrected chi connectivity index (χ3v) is 2.37. The topological polar surface area (TPSA) is 29.5 Å². The summed E-state index contributed by atoms with van der Waals surface area (Å²) in [7, 11) is 0. The van der Waals surface area contributed by atoms with Gasteiger partial charge in [-0.25, -0.2) is 0 Å². The van der Waals surface area contributed by atoms with Crippen molar-refractivity contribution in [3.8, 4) is 11.8 Å². The van der Waals surface area contributed by atoms with Crippen LogP contribution in [0, 0.1) is 11.8 Å². The van der Waals surface area contributed by atoms with Gasteiger partial charge in [-0.2, -0.15) is 0 Å². The van der Waals surface area contributed by atoms with Crippen molar-refractivity contribution < 1.29 is 9.84 Å². The van der Waals surface area contributed by atoms with Crippen molar-refractivity contribution in [2.24, 2.45) is 0 Å². The van der Waals surface area contributed by atoms with E-state index in [0.717, 1.165) is 19.3 Å². The number of aliphatic hydroxyl groups excluding tert-OH is 1. The maximum Gasteiger partial charge on any atom is 0.122 e. The summed E-state index contributed by atoms with van der Waals surface area (Å²) >= 11 is 0. The van der Waals surface area contributed by atoms with Gasteiger partial charge in [-0.3, -0.25) is 0 Å². The fraction of sp³-hybridized carbons (Fsp3) is 0.733. The van der Waals surface area contributed by atoms with E-state index in [1.165, 1.54) is 6.42 Å². The predicted octanol–water partition coefficient (Wildman–Crippen LogP) is 3.30. The van der Waals surface area contributed by atoms with Gasteiger partial charge in [0, 0.05) is 12.8 Å². The molecule has 0 aromatic heterocycles. The number of ether oxygens (including phenoxy) is 1. The van der Waals surface area contributed by atoms with E-state index >= 15 is 0 Å². The highest BCUT2D eigenvalue weighted by atomic mass is 16.5. The maximum absolute atomic E-state index is 9.28. The van der Waals surface area contributed by atoms with Crippen LogP contribution in [0.1, 0.15) is 52.9 Å². The van der Waals surface area contributed by atoms with Crippen molar-refractivity contribution in [3.05, 3.63) is 12.7 Å². The molecule has 0 spiro atoms. The van der Waals surface area contributed by atoms with Crippen molar-refractivity contribution in [2.45, 2.75) is 71.2 Å². The van der Waals surface area contributed by atoms with Crippen molar-refractivity contribution in [1.82, 2.24) is 0 Å². The number of unbranched alkanes of at least 4 members (excludes halogenated alkanes) is 2.